The third-order valence-electron chi connectivity index (χ3n) is 2.15. The van der Waals surface area contributed by atoms with Gasteiger partial charge in [0.2, 0.25) is 5.91 Å². The molecule has 0 aromatic carbocycles. The second-order valence-corrected chi connectivity index (χ2v) is 3.31. The number of amides is 1. The number of carbonyl (C=O) groups is 1. The molecule has 1 aliphatic heterocycles. The summed E-state index contributed by atoms with van der Waals surface area (Å²) < 4.78 is 0. The Morgan fingerprint density at radius 3 is 3.15 bits per heavy atom. The van der Waals surface area contributed by atoms with E-state index in [2.05, 4.69) is 16.6 Å². The summed E-state index contributed by atoms with van der Waals surface area (Å²) in [4.78, 5) is 10.8. The molecule has 72 valence electrons. The first-order chi connectivity index (χ1) is 6.33. The highest BCUT2D eigenvalue weighted by Crippen LogP contribution is 2.04. The van der Waals surface area contributed by atoms with E-state index >= 15 is 0 Å². The molecule has 1 atom stereocenters. The SMILES string of the molecule is C#CCCCNCC1CCC(=O)N1. The van der Waals surface area contributed by atoms with E-state index in [1.807, 2.05) is 0 Å². The maximum absolute atomic E-state index is 10.8. The number of hydrogen-bond donors (Lipinski definition) is 2. The van der Waals surface area contributed by atoms with Crippen LogP contribution in [-0.2, 0) is 4.79 Å². The summed E-state index contributed by atoms with van der Waals surface area (Å²) in [5.74, 6) is 2.77. The molecule has 0 aromatic heterocycles. The van der Waals surface area contributed by atoms with E-state index in [1.165, 1.54) is 0 Å². The predicted octanol–water partition coefficient (Wildman–Crippen LogP) is 0.268. The van der Waals surface area contributed by atoms with E-state index in [-0.39, 0.29) is 5.91 Å². The summed E-state index contributed by atoms with van der Waals surface area (Å²) in [6.45, 7) is 1.81. The molecule has 3 nitrogen and oxygen atoms in total. The molecule has 0 aliphatic carbocycles. The van der Waals surface area contributed by atoms with Gasteiger partial charge in [0.05, 0.1) is 0 Å². The molecule has 1 aliphatic rings. The Bertz CT molecular complexity index is 207. The standard InChI is InChI=1S/C10H16N2O/c1-2-3-4-7-11-8-9-5-6-10(13)12-9/h1,9,11H,3-8H2,(H,12,13). The van der Waals surface area contributed by atoms with Gasteiger partial charge in [-0.2, -0.15) is 0 Å². The van der Waals surface area contributed by atoms with Crippen molar-refractivity contribution in [3.63, 3.8) is 0 Å². The van der Waals surface area contributed by atoms with Crippen LogP contribution in [0.5, 0.6) is 0 Å². The number of terminal acetylenes is 1. The Balaban J connectivity index is 1.95. The number of unbranched alkanes of at least 4 members (excludes halogenated alkanes) is 1. The highest BCUT2D eigenvalue weighted by molar-refractivity contribution is 5.78. The fourth-order valence-electron chi connectivity index (χ4n) is 1.42. The van der Waals surface area contributed by atoms with Crippen LogP contribution in [-0.4, -0.2) is 25.0 Å². The lowest BCUT2D eigenvalue weighted by Gasteiger charge is -2.10. The Morgan fingerprint density at radius 2 is 2.54 bits per heavy atom. The fraction of sp³-hybridized carbons (Fsp3) is 0.700. The molecular weight excluding hydrogens is 164 g/mol. The van der Waals surface area contributed by atoms with Crippen LogP contribution in [0.4, 0.5) is 0 Å². The number of carbonyl (C=O) groups excluding carboxylic acids is 1. The molecular formula is C10H16N2O. The summed E-state index contributed by atoms with van der Waals surface area (Å²) in [5.41, 5.74) is 0. The highest BCUT2D eigenvalue weighted by atomic mass is 16.1. The monoisotopic (exact) mass is 180 g/mol. The topological polar surface area (TPSA) is 41.1 Å². The van der Waals surface area contributed by atoms with Gasteiger partial charge in [0.15, 0.2) is 0 Å². The van der Waals surface area contributed by atoms with Gasteiger partial charge in [-0.3, -0.25) is 4.79 Å². The second-order valence-electron chi connectivity index (χ2n) is 3.31. The average molecular weight is 180 g/mol. The van der Waals surface area contributed by atoms with E-state index in [4.69, 9.17) is 6.42 Å². The first kappa shape index (κ1) is 10.1. The maximum atomic E-state index is 10.8. The first-order valence-electron chi connectivity index (χ1n) is 4.76. The van der Waals surface area contributed by atoms with Crippen molar-refractivity contribution in [3.8, 4) is 12.3 Å². The normalized spacial score (nSPS) is 21.2. The molecule has 1 saturated heterocycles. The quantitative estimate of drug-likeness (QED) is 0.471. The lowest BCUT2D eigenvalue weighted by molar-refractivity contribution is -0.119. The van der Waals surface area contributed by atoms with Crippen LogP contribution in [0.15, 0.2) is 0 Å². The molecule has 1 unspecified atom stereocenters. The zero-order valence-electron chi connectivity index (χ0n) is 7.81. The minimum atomic E-state index is 0.176. The Labute approximate surface area is 79.3 Å². The van der Waals surface area contributed by atoms with E-state index in [0.717, 1.165) is 32.4 Å². The molecule has 0 bridgehead atoms. The van der Waals surface area contributed by atoms with Crippen LogP contribution in [0.3, 0.4) is 0 Å². The third-order valence-corrected chi connectivity index (χ3v) is 2.15. The first-order valence-corrected chi connectivity index (χ1v) is 4.76. The second kappa shape index (κ2) is 5.60. The van der Waals surface area contributed by atoms with Crippen LogP contribution < -0.4 is 10.6 Å². The zero-order valence-corrected chi connectivity index (χ0v) is 7.81. The molecule has 3 heteroatoms. The summed E-state index contributed by atoms with van der Waals surface area (Å²) >= 11 is 0. The van der Waals surface area contributed by atoms with Gasteiger partial charge in [0, 0.05) is 25.4 Å². The van der Waals surface area contributed by atoms with Crippen LogP contribution in [0, 0.1) is 12.3 Å². The summed E-state index contributed by atoms with van der Waals surface area (Å²) in [7, 11) is 0. The zero-order chi connectivity index (χ0) is 9.52. The molecule has 1 heterocycles. The van der Waals surface area contributed by atoms with Crippen molar-refractivity contribution in [2.75, 3.05) is 13.1 Å². The van der Waals surface area contributed by atoms with Gasteiger partial charge < -0.3 is 10.6 Å². The van der Waals surface area contributed by atoms with E-state index in [1.54, 1.807) is 0 Å². The van der Waals surface area contributed by atoms with Crippen molar-refractivity contribution in [3.05, 3.63) is 0 Å². The fourth-order valence-corrected chi connectivity index (χ4v) is 1.42. The maximum Gasteiger partial charge on any atom is 0.220 e. The van der Waals surface area contributed by atoms with Gasteiger partial charge >= 0.3 is 0 Å². The van der Waals surface area contributed by atoms with Gasteiger partial charge in [-0.1, -0.05) is 0 Å². The van der Waals surface area contributed by atoms with Crippen molar-refractivity contribution < 1.29 is 4.79 Å². The van der Waals surface area contributed by atoms with Crippen LogP contribution >= 0.6 is 0 Å². The van der Waals surface area contributed by atoms with Crippen LogP contribution in [0.1, 0.15) is 25.7 Å². The smallest absolute Gasteiger partial charge is 0.220 e. The Morgan fingerprint density at radius 1 is 1.69 bits per heavy atom. The molecule has 0 radical (unpaired) electrons. The highest BCUT2D eigenvalue weighted by Gasteiger charge is 2.19. The Kier molecular flexibility index (Phi) is 4.34. The van der Waals surface area contributed by atoms with Gasteiger partial charge in [0.1, 0.15) is 0 Å². The van der Waals surface area contributed by atoms with Crippen molar-refractivity contribution in [1.29, 1.82) is 0 Å². The molecule has 2 N–H and O–H groups in total. The summed E-state index contributed by atoms with van der Waals surface area (Å²) in [6.07, 6.45) is 8.59. The number of nitrogens with one attached hydrogen (secondary N) is 2. The molecule has 1 rings (SSSR count). The van der Waals surface area contributed by atoms with Crippen molar-refractivity contribution in [1.82, 2.24) is 10.6 Å². The summed E-state index contributed by atoms with van der Waals surface area (Å²) in [6, 6.07) is 0.332. The largest absolute Gasteiger partial charge is 0.352 e. The van der Waals surface area contributed by atoms with Crippen molar-refractivity contribution in [2.45, 2.75) is 31.7 Å². The molecule has 0 spiro atoms. The lowest BCUT2D eigenvalue weighted by atomic mass is 10.2. The van der Waals surface area contributed by atoms with Gasteiger partial charge in [-0.05, 0) is 19.4 Å². The van der Waals surface area contributed by atoms with Crippen molar-refractivity contribution >= 4 is 5.91 Å². The van der Waals surface area contributed by atoms with Gasteiger partial charge in [-0.15, -0.1) is 12.3 Å². The average Bonchev–Trinajstić information content (AvgIpc) is 2.51. The third kappa shape index (κ3) is 3.95. The van der Waals surface area contributed by atoms with Crippen LogP contribution in [0.2, 0.25) is 0 Å². The van der Waals surface area contributed by atoms with Crippen molar-refractivity contribution in [2.24, 2.45) is 0 Å². The van der Waals surface area contributed by atoms with E-state index in [0.29, 0.717) is 12.5 Å². The molecule has 13 heavy (non-hydrogen) atoms. The van der Waals surface area contributed by atoms with E-state index < -0.39 is 0 Å². The molecule has 0 saturated carbocycles. The predicted molar refractivity (Wildman–Crippen MR) is 52.1 cm³/mol. The molecule has 1 amide bonds. The summed E-state index contributed by atoms with van der Waals surface area (Å²) in [5, 5.41) is 6.18. The van der Waals surface area contributed by atoms with Gasteiger partial charge in [-0.25, -0.2) is 0 Å². The lowest BCUT2D eigenvalue weighted by Crippen LogP contribution is -2.35. The van der Waals surface area contributed by atoms with E-state index in [9.17, 15) is 4.79 Å². The minimum Gasteiger partial charge on any atom is -0.352 e. The Hall–Kier alpha value is -1.01. The molecule has 0 aromatic rings. The molecule has 1 fully saturated rings. The van der Waals surface area contributed by atoms with Crippen LogP contribution in [0.25, 0.3) is 0 Å². The number of hydrogen-bond acceptors (Lipinski definition) is 2. The minimum absolute atomic E-state index is 0.176. The number of rotatable bonds is 5. The van der Waals surface area contributed by atoms with Gasteiger partial charge in [0.25, 0.3) is 0 Å².